The van der Waals surface area contributed by atoms with E-state index in [2.05, 4.69) is 5.32 Å². The Morgan fingerprint density at radius 1 is 1.12 bits per heavy atom. The average molecular weight is 528 g/mol. The van der Waals surface area contributed by atoms with Gasteiger partial charge < -0.3 is 5.32 Å². The average Bonchev–Trinajstić information content (AvgIpc) is 2.78. The molecule has 0 bridgehead atoms. The molecule has 2 aliphatic rings. The number of benzene rings is 1. The van der Waals surface area contributed by atoms with Crippen LogP contribution in [0.4, 0.5) is 17.6 Å². The maximum atomic E-state index is 14.0. The number of amides is 1. The van der Waals surface area contributed by atoms with E-state index >= 15 is 0 Å². The van der Waals surface area contributed by atoms with Gasteiger partial charge in [0.25, 0.3) is 15.9 Å². The number of nitrogens with zero attached hydrogens (tertiary/aromatic N) is 2. The van der Waals surface area contributed by atoms with Crippen LogP contribution in [0.5, 0.6) is 0 Å². The number of aryl methyl sites for hydroxylation is 1. The SMILES string of the molecule is CCC(F)(F)S(=O)(=O)N1CCN(C2(CNC(=O)c3ccc(C)cc3Cl)CCC(F)(F)CC2)CC1. The van der Waals surface area contributed by atoms with Crippen molar-refractivity contribution in [2.45, 2.75) is 62.7 Å². The van der Waals surface area contributed by atoms with Crippen molar-refractivity contribution < 1.29 is 30.8 Å². The maximum Gasteiger partial charge on any atom is 0.359 e. The second kappa shape index (κ2) is 9.91. The fourth-order valence-corrected chi connectivity index (χ4v) is 6.31. The molecule has 1 aromatic carbocycles. The van der Waals surface area contributed by atoms with Gasteiger partial charge in [0, 0.05) is 57.5 Å². The van der Waals surface area contributed by atoms with E-state index in [4.69, 9.17) is 11.6 Å². The third kappa shape index (κ3) is 5.52. The van der Waals surface area contributed by atoms with E-state index in [1.54, 1.807) is 18.2 Å². The molecule has 0 unspecified atom stereocenters. The fraction of sp³-hybridized carbons (Fsp3) is 0.682. The Kier molecular flexibility index (Phi) is 7.91. The lowest BCUT2D eigenvalue weighted by Crippen LogP contribution is -2.64. The van der Waals surface area contributed by atoms with Crippen LogP contribution in [0.2, 0.25) is 5.02 Å². The summed E-state index contributed by atoms with van der Waals surface area (Å²) in [5.74, 6) is -3.26. The monoisotopic (exact) mass is 527 g/mol. The van der Waals surface area contributed by atoms with Gasteiger partial charge in [-0.05, 0) is 37.5 Å². The lowest BCUT2D eigenvalue weighted by Gasteiger charge is -2.50. The quantitative estimate of drug-likeness (QED) is 0.538. The van der Waals surface area contributed by atoms with Gasteiger partial charge in [-0.3, -0.25) is 9.69 Å². The van der Waals surface area contributed by atoms with Gasteiger partial charge in [-0.1, -0.05) is 24.6 Å². The minimum Gasteiger partial charge on any atom is -0.350 e. The number of hydrogen-bond donors (Lipinski definition) is 1. The molecule has 12 heteroatoms. The Bertz CT molecular complexity index is 1000. The van der Waals surface area contributed by atoms with Gasteiger partial charge in [0.05, 0.1) is 10.6 Å². The summed E-state index contributed by atoms with van der Waals surface area (Å²) in [6.45, 7) is 2.86. The smallest absolute Gasteiger partial charge is 0.350 e. The van der Waals surface area contributed by atoms with E-state index < -0.39 is 39.1 Å². The molecule has 1 aliphatic carbocycles. The number of nitrogens with one attached hydrogen (secondary N) is 1. The van der Waals surface area contributed by atoms with Crippen molar-refractivity contribution in [2.75, 3.05) is 32.7 Å². The largest absolute Gasteiger partial charge is 0.359 e. The predicted molar refractivity (Wildman–Crippen MR) is 122 cm³/mol. The minimum absolute atomic E-state index is 0.0595. The van der Waals surface area contributed by atoms with Crippen molar-refractivity contribution in [2.24, 2.45) is 0 Å². The molecule has 1 aliphatic heterocycles. The molecule has 192 valence electrons. The Morgan fingerprint density at radius 2 is 1.71 bits per heavy atom. The van der Waals surface area contributed by atoms with E-state index in [1.165, 1.54) is 0 Å². The molecule has 1 saturated heterocycles. The predicted octanol–water partition coefficient (Wildman–Crippen LogP) is 4.28. The summed E-state index contributed by atoms with van der Waals surface area (Å²) in [5.41, 5.74) is 0.313. The molecule has 1 amide bonds. The molecule has 3 rings (SSSR count). The van der Waals surface area contributed by atoms with Gasteiger partial charge in [-0.2, -0.15) is 13.1 Å². The molecular formula is C22H30ClF4N3O3S. The lowest BCUT2D eigenvalue weighted by molar-refractivity contribution is -0.0859. The lowest BCUT2D eigenvalue weighted by atomic mass is 9.78. The summed E-state index contributed by atoms with van der Waals surface area (Å²) < 4.78 is 81.2. The summed E-state index contributed by atoms with van der Waals surface area (Å²) in [7, 11) is -4.81. The van der Waals surface area contributed by atoms with Crippen LogP contribution in [0.25, 0.3) is 0 Å². The highest BCUT2D eigenvalue weighted by Crippen LogP contribution is 2.42. The highest BCUT2D eigenvalue weighted by Gasteiger charge is 2.51. The van der Waals surface area contributed by atoms with Crippen LogP contribution in [0, 0.1) is 6.92 Å². The zero-order valence-corrected chi connectivity index (χ0v) is 20.8. The first-order valence-electron chi connectivity index (χ1n) is 11.3. The maximum absolute atomic E-state index is 14.0. The van der Waals surface area contributed by atoms with Crippen LogP contribution in [0.1, 0.15) is 54.9 Å². The van der Waals surface area contributed by atoms with Crippen LogP contribution in [0.15, 0.2) is 18.2 Å². The van der Waals surface area contributed by atoms with E-state index in [-0.39, 0.29) is 69.0 Å². The van der Waals surface area contributed by atoms with Crippen LogP contribution >= 0.6 is 11.6 Å². The molecule has 0 radical (unpaired) electrons. The molecule has 1 heterocycles. The normalized spacial score (nSPS) is 21.9. The highest BCUT2D eigenvalue weighted by atomic mass is 35.5. The van der Waals surface area contributed by atoms with Gasteiger partial charge in [0.15, 0.2) is 0 Å². The third-order valence-electron chi connectivity index (χ3n) is 6.90. The van der Waals surface area contributed by atoms with Crippen molar-refractivity contribution >= 4 is 27.5 Å². The van der Waals surface area contributed by atoms with Crippen LogP contribution in [-0.4, -0.2) is 73.0 Å². The summed E-state index contributed by atoms with van der Waals surface area (Å²) in [6, 6.07) is 4.98. The third-order valence-corrected chi connectivity index (χ3v) is 9.30. The van der Waals surface area contributed by atoms with E-state index in [9.17, 15) is 30.8 Å². The molecule has 0 aromatic heterocycles. The van der Waals surface area contributed by atoms with Gasteiger partial charge in [0.2, 0.25) is 5.92 Å². The number of halogens is 5. The van der Waals surface area contributed by atoms with Gasteiger partial charge in [0.1, 0.15) is 0 Å². The summed E-state index contributed by atoms with van der Waals surface area (Å²) in [4.78, 5) is 14.6. The molecule has 1 aromatic rings. The first-order valence-corrected chi connectivity index (χ1v) is 13.1. The fourth-order valence-electron chi connectivity index (χ4n) is 4.60. The number of hydrogen-bond acceptors (Lipinski definition) is 4. The first-order chi connectivity index (χ1) is 15.7. The van der Waals surface area contributed by atoms with Crippen molar-refractivity contribution in [3.8, 4) is 0 Å². The molecule has 2 fully saturated rings. The molecule has 6 nitrogen and oxygen atoms in total. The second-order valence-electron chi connectivity index (χ2n) is 9.13. The second-order valence-corrected chi connectivity index (χ2v) is 11.6. The van der Waals surface area contributed by atoms with Gasteiger partial charge in [-0.25, -0.2) is 17.2 Å². The Morgan fingerprint density at radius 3 is 2.24 bits per heavy atom. The molecule has 34 heavy (non-hydrogen) atoms. The standard InChI is InChI=1S/C22H30ClF4N3O3S/c1-3-22(26,27)34(32,33)30-12-10-29(11-13-30)20(6-8-21(24,25)9-7-20)15-28-19(31)17-5-4-16(2)14-18(17)23/h4-5,14H,3,6-13,15H2,1-2H3,(H,28,31). The van der Waals surface area contributed by atoms with E-state index in [0.717, 1.165) is 16.8 Å². The summed E-state index contributed by atoms with van der Waals surface area (Å²) >= 11 is 6.18. The molecular weight excluding hydrogens is 498 g/mol. The summed E-state index contributed by atoms with van der Waals surface area (Å²) in [6.07, 6.45) is -1.41. The zero-order chi connectivity index (χ0) is 25.4. The first kappa shape index (κ1) is 27.2. The van der Waals surface area contributed by atoms with E-state index in [1.807, 2.05) is 11.8 Å². The number of rotatable bonds is 7. The Hall–Kier alpha value is -1.43. The van der Waals surface area contributed by atoms with Crippen LogP contribution < -0.4 is 5.32 Å². The minimum atomic E-state index is -4.81. The number of carbonyl (C=O) groups is 1. The number of alkyl halides is 4. The van der Waals surface area contributed by atoms with Crippen LogP contribution in [0.3, 0.4) is 0 Å². The van der Waals surface area contributed by atoms with Crippen molar-refractivity contribution in [1.82, 2.24) is 14.5 Å². The molecule has 0 spiro atoms. The number of sulfonamides is 1. The molecule has 1 N–H and O–H groups in total. The van der Waals surface area contributed by atoms with Gasteiger partial charge in [-0.15, -0.1) is 0 Å². The highest BCUT2D eigenvalue weighted by molar-refractivity contribution is 7.90. The molecule has 1 saturated carbocycles. The Balaban J connectivity index is 1.75. The summed E-state index contributed by atoms with van der Waals surface area (Å²) in [5, 5.41) is -0.777. The van der Waals surface area contributed by atoms with Crippen molar-refractivity contribution in [3.05, 3.63) is 34.3 Å². The zero-order valence-electron chi connectivity index (χ0n) is 19.2. The van der Waals surface area contributed by atoms with Crippen LogP contribution in [-0.2, 0) is 10.0 Å². The van der Waals surface area contributed by atoms with Gasteiger partial charge >= 0.3 is 5.25 Å². The van der Waals surface area contributed by atoms with Crippen molar-refractivity contribution in [1.29, 1.82) is 0 Å². The topological polar surface area (TPSA) is 69.7 Å². The van der Waals surface area contributed by atoms with Crippen molar-refractivity contribution in [3.63, 3.8) is 0 Å². The van der Waals surface area contributed by atoms with E-state index in [0.29, 0.717) is 0 Å². The number of carbonyl (C=O) groups excluding carboxylic acids is 1. The number of piperazine rings is 1. The Labute approximate surface area is 202 Å². The molecule has 0 atom stereocenters.